The third kappa shape index (κ3) is 5.58. The predicted molar refractivity (Wildman–Crippen MR) is 97.9 cm³/mol. The summed E-state index contributed by atoms with van der Waals surface area (Å²) >= 11 is 0. The number of benzene rings is 2. The Kier molecular flexibility index (Phi) is 10.1. The van der Waals surface area contributed by atoms with Crippen molar-refractivity contribution in [3.63, 3.8) is 0 Å². The number of hydrogen-bond donors (Lipinski definition) is 0. The number of rotatable bonds is 1. The van der Waals surface area contributed by atoms with E-state index in [0.717, 1.165) is 16.7 Å². The summed E-state index contributed by atoms with van der Waals surface area (Å²) in [5, 5.41) is 9.09. The number of nitriles is 1. The number of nitrogens with zero attached hydrogens (tertiary/aromatic N) is 1. The van der Waals surface area contributed by atoms with Crippen LogP contribution in [0.2, 0.25) is 0 Å². The fourth-order valence-electron chi connectivity index (χ4n) is 1.86. The normalized spacial score (nSPS) is 9.14. The maximum absolute atomic E-state index is 9.09. The highest BCUT2D eigenvalue weighted by molar-refractivity contribution is 5.73. The lowest BCUT2D eigenvalue weighted by molar-refractivity contribution is 1.34. The Morgan fingerprint density at radius 3 is 1.91 bits per heavy atom. The van der Waals surface area contributed by atoms with Crippen LogP contribution in [-0.2, 0) is 0 Å². The van der Waals surface area contributed by atoms with E-state index < -0.39 is 0 Å². The summed E-state index contributed by atoms with van der Waals surface area (Å²) in [4.78, 5) is 0. The molecular formula is C21H27N. The van der Waals surface area contributed by atoms with Crippen LogP contribution in [0, 0.1) is 25.2 Å². The van der Waals surface area contributed by atoms with E-state index in [-0.39, 0.29) is 0 Å². The molecule has 0 atom stereocenters. The molecule has 2 aromatic carbocycles. The third-order valence-electron chi connectivity index (χ3n) is 3.28. The van der Waals surface area contributed by atoms with E-state index >= 15 is 0 Å². The molecule has 2 aromatic rings. The quantitative estimate of drug-likeness (QED) is 0.554. The zero-order valence-corrected chi connectivity index (χ0v) is 14.6. The minimum atomic E-state index is 0.733. The first-order chi connectivity index (χ1) is 10.7. The minimum absolute atomic E-state index is 0.733. The molecule has 0 aromatic heterocycles. The van der Waals surface area contributed by atoms with Crippen LogP contribution in [-0.4, -0.2) is 0 Å². The molecule has 0 aliphatic rings. The lowest BCUT2D eigenvalue weighted by Gasteiger charge is -2.09. The van der Waals surface area contributed by atoms with Gasteiger partial charge in [-0.3, -0.25) is 0 Å². The highest BCUT2D eigenvalue weighted by atomic mass is 14.2. The van der Waals surface area contributed by atoms with Crippen molar-refractivity contribution in [1.29, 1.82) is 5.26 Å². The first-order valence-corrected chi connectivity index (χ1v) is 7.78. The zero-order chi connectivity index (χ0) is 17.0. The molecule has 1 heteroatoms. The molecule has 116 valence electrons. The molecule has 0 heterocycles. The Hall–Kier alpha value is -2.33. The molecule has 0 spiro atoms. The minimum Gasteiger partial charge on any atom is -0.192 e. The average Bonchev–Trinajstić information content (AvgIpc) is 2.59. The Bertz CT molecular complexity index is 627. The molecule has 0 saturated heterocycles. The molecule has 0 fully saturated rings. The van der Waals surface area contributed by atoms with Crippen molar-refractivity contribution in [2.75, 3.05) is 0 Å². The summed E-state index contributed by atoms with van der Waals surface area (Å²) in [7, 11) is 0. The van der Waals surface area contributed by atoms with Gasteiger partial charge in [0.1, 0.15) is 0 Å². The molecule has 22 heavy (non-hydrogen) atoms. The Morgan fingerprint density at radius 2 is 1.36 bits per heavy atom. The Morgan fingerprint density at radius 1 is 0.818 bits per heavy atom. The molecule has 0 amide bonds. The first-order valence-electron chi connectivity index (χ1n) is 7.78. The van der Waals surface area contributed by atoms with Crippen molar-refractivity contribution in [1.82, 2.24) is 0 Å². The SMILES string of the molecule is C/C=C\C.CC.Cc1cccc(-c2ccccc2C#N)c1C. The van der Waals surface area contributed by atoms with Gasteiger partial charge in [0.25, 0.3) is 0 Å². The van der Waals surface area contributed by atoms with Gasteiger partial charge < -0.3 is 0 Å². The van der Waals surface area contributed by atoms with Gasteiger partial charge in [0.15, 0.2) is 0 Å². The largest absolute Gasteiger partial charge is 0.192 e. The van der Waals surface area contributed by atoms with E-state index in [1.807, 2.05) is 70.2 Å². The van der Waals surface area contributed by atoms with Crippen molar-refractivity contribution in [3.05, 3.63) is 71.3 Å². The van der Waals surface area contributed by atoms with Gasteiger partial charge in [-0.1, -0.05) is 62.4 Å². The molecule has 0 bridgehead atoms. The second kappa shape index (κ2) is 11.3. The van der Waals surface area contributed by atoms with Crippen molar-refractivity contribution >= 4 is 0 Å². The molecule has 1 nitrogen and oxygen atoms in total. The molecule has 2 rings (SSSR count). The summed E-state index contributed by atoms with van der Waals surface area (Å²) in [6.07, 6.45) is 4.00. The van der Waals surface area contributed by atoms with E-state index in [1.54, 1.807) is 0 Å². The van der Waals surface area contributed by atoms with Crippen LogP contribution in [0.1, 0.15) is 44.4 Å². The van der Waals surface area contributed by atoms with E-state index in [0.29, 0.717) is 0 Å². The maximum Gasteiger partial charge on any atom is 0.0998 e. The van der Waals surface area contributed by atoms with Gasteiger partial charge in [-0.05, 0) is 56.0 Å². The van der Waals surface area contributed by atoms with E-state index in [4.69, 9.17) is 5.26 Å². The molecule has 0 unspecified atom stereocenters. The molecule has 0 radical (unpaired) electrons. The van der Waals surface area contributed by atoms with Gasteiger partial charge in [0, 0.05) is 0 Å². The van der Waals surface area contributed by atoms with E-state index in [9.17, 15) is 0 Å². The summed E-state index contributed by atoms with van der Waals surface area (Å²) in [5.74, 6) is 0. The zero-order valence-electron chi connectivity index (χ0n) is 14.6. The van der Waals surface area contributed by atoms with Gasteiger partial charge in [0.05, 0.1) is 11.6 Å². The highest BCUT2D eigenvalue weighted by Gasteiger charge is 2.07. The van der Waals surface area contributed by atoms with Crippen LogP contribution >= 0.6 is 0 Å². The maximum atomic E-state index is 9.09. The van der Waals surface area contributed by atoms with Gasteiger partial charge >= 0.3 is 0 Å². The van der Waals surface area contributed by atoms with Crippen LogP contribution in [0.15, 0.2) is 54.6 Å². The van der Waals surface area contributed by atoms with Crippen LogP contribution in [0.25, 0.3) is 11.1 Å². The Balaban J connectivity index is 0.000000640. The average molecular weight is 293 g/mol. The monoisotopic (exact) mass is 293 g/mol. The van der Waals surface area contributed by atoms with Gasteiger partial charge in [-0.25, -0.2) is 0 Å². The molecule has 0 aliphatic heterocycles. The van der Waals surface area contributed by atoms with Crippen molar-refractivity contribution < 1.29 is 0 Å². The van der Waals surface area contributed by atoms with Gasteiger partial charge in [0.2, 0.25) is 0 Å². The van der Waals surface area contributed by atoms with Crippen molar-refractivity contribution in [2.45, 2.75) is 41.5 Å². The standard InChI is InChI=1S/C15H13N.C4H8.C2H6/c1-11-6-5-9-14(12(11)2)15-8-4-3-7-13(15)10-16;1-3-4-2;1-2/h3-9H,1-2H3;3-4H,1-2H3;1-2H3/b;4-3-;. The molecule has 0 N–H and O–H groups in total. The number of aryl methyl sites for hydroxylation is 1. The summed E-state index contributed by atoms with van der Waals surface area (Å²) < 4.78 is 0. The van der Waals surface area contributed by atoms with Crippen molar-refractivity contribution in [2.24, 2.45) is 0 Å². The summed E-state index contributed by atoms with van der Waals surface area (Å²) in [6, 6.07) is 16.2. The van der Waals surface area contributed by atoms with E-state index in [2.05, 4.69) is 32.0 Å². The topological polar surface area (TPSA) is 23.8 Å². The summed E-state index contributed by atoms with van der Waals surface area (Å²) in [5.41, 5.74) is 5.40. The first kappa shape index (κ1) is 19.7. The van der Waals surface area contributed by atoms with Gasteiger partial charge in [-0.2, -0.15) is 5.26 Å². The Labute approximate surface area is 135 Å². The van der Waals surface area contributed by atoms with Gasteiger partial charge in [-0.15, -0.1) is 0 Å². The molecule has 0 aliphatic carbocycles. The third-order valence-corrected chi connectivity index (χ3v) is 3.28. The summed E-state index contributed by atoms with van der Waals surface area (Å²) in [6.45, 7) is 12.2. The lowest BCUT2D eigenvalue weighted by atomic mass is 9.94. The van der Waals surface area contributed by atoms with Crippen LogP contribution in [0.3, 0.4) is 0 Å². The molecule has 0 saturated carbocycles. The van der Waals surface area contributed by atoms with Crippen molar-refractivity contribution in [3.8, 4) is 17.2 Å². The smallest absolute Gasteiger partial charge is 0.0998 e. The lowest BCUT2D eigenvalue weighted by Crippen LogP contribution is -1.89. The predicted octanol–water partition coefficient (Wildman–Crippen LogP) is 6.45. The van der Waals surface area contributed by atoms with Crippen LogP contribution in [0.5, 0.6) is 0 Å². The van der Waals surface area contributed by atoms with E-state index in [1.165, 1.54) is 11.1 Å². The number of hydrogen-bond acceptors (Lipinski definition) is 1. The second-order valence-electron chi connectivity index (χ2n) is 4.57. The van der Waals surface area contributed by atoms with Crippen LogP contribution < -0.4 is 0 Å². The highest BCUT2D eigenvalue weighted by Crippen LogP contribution is 2.27. The fourth-order valence-corrected chi connectivity index (χ4v) is 1.86. The fraction of sp³-hybridized carbons (Fsp3) is 0.286. The van der Waals surface area contributed by atoms with Crippen LogP contribution in [0.4, 0.5) is 0 Å². The molecular weight excluding hydrogens is 266 g/mol. The second-order valence-corrected chi connectivity index (χ2v) is 4.57. The number of allylic oxidation sites excluding steroid dienone is 2.